The Morgan fingerprint density at radius 3 is 3.00 bits per heavy atom. The molecule has 3 aromatic heterocycles. The minimum absolute atomic E-state index is 0.163. The summed E-state index contributed by atoms with van der Waals surface area (Å²) in [5, 5.41) is 12.7. The predicted molar refractivity (Wildman–Crippen MR) is 60.2 cm³/mol. The zero-order chi connectivity index (χ0) is 12.7. The van der Waals surface area contributed by atoms with Crippen molar-refractivity contribution in [3.63, 3.8) is 0 Å². The van der Waals surface area contributed by atoms with Crippen LogP contribution in [0.3, 0.4) is 0 Å². The molecule has 7 heteroatoms. The molecule has 3 aromatic rings. The molecule has 7 nitrogen and oxygen atoms in total. The largest absolute Gasteiger partial charge is 0.475 e. The van der Waals surface area contributed by atoms with Crippen LogP contribution in [0.15, 0.2) is 29.2 Å². The molecular formula is C11H8N4O3. The van der Waals surface area contributed by atoms with Crippen LogP contribution in [0.1, 0.15) is 16.1 Å². The highest BCUT2D eigenvalue weighted by atomic mass is 16.5. The maximum atomic E-state index is 10.9. The van der Waals surface area contributed by atoms with Gasteiger partial charge in [0.05, 0.1) is 11.9 Å². The lowest BCUT2D eigenvalue weighted by Crippen LogP contribution is -1.96. The summed E-state index contributed by atoms with van der Waals surface area (Å²) in [5.41, 5.74) is 1.56. The van der Waals surface area contributed by atoms with Crippen LogP contribution in [-0.4, -0.2) is 30.6 Å². The summed E-state index contributed by atoms with van der Waals surface area (Å²) in [7, 11) is 0. The van der Waals surface area contributed by atoms with Gasteiger partial charge in [0.2, 0.25) is 11.5 Å². The van der Waals surface area contributed by atoms with Crippen molar-refractivity contribution in [2.24, 2.45) is 0 Å². The van der Waals surface area contributed by atoms with Crippen molar-refractivity contribution in [1.82, 2.24) is 19.5 Å². The summed E-state index contributed by atoms with van der Waals surface area (Å²) in [4.78, 5) is 19.1. The molecule has 18 heavy (non-hydrogen) atoms. The molecule has 0 radical (unpaired) electrons. The molecule has 0 saturated carbocycles. The molecule has 0 aliphatic carbocycles. The van der Waals surface area contributed by atoms with Gasteiger partial charge in [-0.15, -0.1) is 0 Å². The summed E-state index contributed by atoms with van der Waals surface area (Å²) in [5.74, 6) is -0.784. The lowest BCUT2D eigenvalue weighted by molar-refractivity contribution is 0.0651. The van der Waals surface area contributed by atoms with Gasteiger partial charge >= 0.3 is 5.97 Å². The Hall–Kier alpha value is -2.70. The SMILES string of the molecule is Cc1c(-c2cnc3ncccn23)noc1C(=O)O. The third-order valence-corrected chi connectivity index (χ3v) is 2.65. The fourth-order valence-corrected chi connectivity index (χ4v) is 1.78. The van der Waals surface area contributed by atoms with E-state index >= 15 is 0 Å². The predicted octanol–water partition coefficient (Wildman–Crippen LogP) is 1.39. The molecule has 0 amide bonds. The van der Waals surface area contributed by atoms with E-state index in [1.54, 1.807) is 36.0 Å². The van der Waals surface area contributed by atoms with Gasteiger partial charge < -0.3 is 9.63 Å². The Labute approximate surface area is 101 Å². The van der Waals surface area contributed by atoms with Gasteiger partial charge in [-0.25, -0.2) is 14.8 Å². The molecule has 0 saturated heterocycles. The second kappa shape index (κ2) is 3.66. The highest BCUT2D eigenvalue weighted by Crippen LogP contribution is 2.24. The number of carboxylic acids is 1. The zero-order valence-corrected chi connectivity index (χ0v) is 9.36. The Morgan fingerprint density at radius 1 is 1.44 bits per heavy atom. The number of fused-ring (bicyclic) bond motifs is 1. The van der Waals surface area contributed by atoms with Crippen LogP contribution in [0.2, 0.25) is 0 Å². The van der Waals surface area contributed by atoms with Gasteiger partial charge in [-0.2, -0.15) is 0 Å². The first kappa shape index (κ1) is 10.5. The molecule has 1 N–H and O–H groups in total. The van der Waals surface area contributed by atoms with Crippen LogP contribution in [-0.2, 0) is 0 Å². The first-order chi connectivity index (χ1) is 8.68. The highest BCUT2D eigenvalue weighted by molar-refractivity contribution is 5.88. The number of imidazole rings is 1. The van der Waals surface area contributed by atoms with Gasteiger partial charge in [-0.3, -0.25) is 4.40 Å². The molecule has 0 bridgehead atoms. The van der Waals surface area contributed by atoms with E-state index < -0.39 is 5.97 Å². The maximum Gasteiger partial charge on any atom is 0.375 e. The molecule has 0 aliphatic heterocycles. The molecule has 90 valence electrons. The van der Waals surface area contributed by atoms with Crippen molar-refractivity contribution in [3.8, 4) is 11.4 Å². The van der Waals surface area contributed by atoms with Crippen molar-refractivity contribution in [3.05, 3.63) is 36.0 Å². The number of hydrogen-bond acceptors (Lipinski definition) is 5. The zero-order valence-electron chi connectivity index (χ0n) is 9.36. The minimum Gasteiger partial charge on any atom is -0.475 e. The van der Waals surface area contributed by atoms with E-state index in [2.05, 4.69) is 15.1 Å². The molecule has 3 rings (SSSR count). The normalized spacial score (nSPS) is 10.9. The van der Waals surface area contributed by atoms with Gasteiger partial charge in [-0.05, 0) is 13.0 Å². The summed E-state index contributed by atoms with van der Waals surface area (Å²) >= 11 is 0. The molecular weight excluding hydrogens is 236 g/mol. The standard InChI is InChI=1S/C11H8N4O3/c1-6-8(14-18-9(6)10(16)17)7-5-13-11-12-3-2-4-15(7)11/h2-5H,1H3,(H,16,17). The Kier molecular flexibility index (Phi) is 2.12. The van der Waals surface area contributed by atoms with Crippen LogP contribution >= 0.6 is 0 Å². The lowest BCUT2D eigenvalue weighted by atomic mass is 10.2. The molecule has 0 aromatic carbocycles. The molecule has 0 aliphatic rings. The van der Waals surface area contributed by atoms with E-state index in [4.69, 9.17) is 9.63 Å². The third kappa shape index (κ3) is 1.37. The summed E-state index contributed by atoms with van der Waals surface area (Å²) < 4.78 is 6.54. The maximum absolute atomic E-state index is 10.9. The minimum atomic E-state index is -1.14. The van der Waals surface area contributed by atoms with Crippen molar-refractivity contribution in [2.75, 3.05) is 0 Å². The van der Waals surface area contributed by atoms with E-state index in [0.29, 0.717) is 22.7 Å². The van der Waals surface area contributed by atoms with Crippen LogP contribution in [0.25, 0.3) is 17.2 Å². The number of hydrogen-bond donors (Lipinski definition) is 1. The van der Waals surface area contributed by atoms with E-state index in [1.165, 1.54) is 0 Å². The second-order valence-corrected chi connectivity index (χ2v) is 3.72. The summed E-state index contributed by atoms with van der Waals surface area (Å²) in [6.45, 7) is 1.64. The summed E-state index contributed by atoms with van der Waals surface area (Å²) in [6, 6.07) is 1.76. The quantitative estimate of drug-likeness (QED) is 0.732. The van der Waals surface area contributed by atoms with Crippen LogP contribution < -0.4 is 0 Å². The van der Waals surface area contributed by atoms with Gasteiger partial charge in [0.1, 0.15) is 5.69 Å². The average Bonchev–Trinajstić information content (AvgIpc) is 2.92. The second-order valence-electron chi connectivity index (χ2n) is 3.72. The molecule has 0 unspecified atom stereocenters. The van der Waals surface area contributed by atoms with Gasteiger partial charge in [0, 0.05) is 18.0 Å². The fraction of sp³-hybridized carbons (Fsp3) is 0.0909. The lowest BCUT2D eigenvalue weighted by Gasteiger charge is -1.97. The highest BCUT2D eigenvalue weighted by Gasteiger charge is 2.21. The number of carbonyl (C=O) groups is 1. The van der Waals surface area contributed by atoms with Gasteiger partial charge in [0.25, 0.3) is 0 Å². The Morgan fingerprint density at radius 2 is 2.28 bits per heavy atom. The molecule has 0 spiro atoms. The monoisotopic (exact) mass is 244 g/mol. The molecule has 0 atom stereocenters. The van der Waals surface area contributed by atoms with E-state index in [-0.39, 0.29) is 5.76 Å². The first-order valence-corrected chi connectivity index (χ1v) is 5.16. The van der Waals surface area contributed by atoms with E-state index in [9.17, 15) is 4.79 Å². The van der Waals surface area contributed by atoms with Crippen molar-refractivity contribution in [2.45, 2.75) is 6.92 Å². The van der Waals surface area contributed by atoms with Crippen molar-refractivity contribution >= 4 is 11.7 Å². The Balaban J connectivity index is 2.24. The topological polar surface area (TPSA) is 93.5 Å². The van der Waals surface area contributed by atoms with E-state index in [0.717, 1.165) is 0 Å². The van der Waals surface area contributed by atoms with Crippen LogP contribution in [0.4, 0.5) is 0 Å². The smallest absolute Gasteiger partial charge is 0.375 e. The van der Waals surface area contributed by atoms with Gasteiger partial charge in [0.15, 0.2) is 0 Å². The third-order valence-electron chi connectivity index (χ3n) is 2.65. The number of aromatic carboxylic acids is 1. The van der Waals surface area contributed by atoms with Crippen molar-refractivity contribution in [1.29, 1.82) is 0 Å². The first-order valence-electron chi connectivity index (χ1n) is 5.16. The number of nitrogens with zero attached hydrogens (tertiary/aromatic N) is 4. The van der Waals surface area contributed by atoms with Crippen LogP contribution in [0.5, 0.6) is 0 Å². The van der Waals surface area contributed by atoms with E-state index in [1.807, 2.05) is 0 Å². The van der Waals surface area contributed by atoms with Gasteiger partial charge in [-0.1, -0.05) is 5.16 Å². The molecule has 3 heterocycles. The number of rotatable bonds is 2. The van der Waals surface area contributed by atoms with Crippen LogP contribution in [0, 0.1) is 6.92 Å². The fourth-order valence-electron chi connectivity index (χ4n) is 1.78. The Bertz CT molecular complexity index is 744. The molecule has 0 fully saturated rings. The number of carboxylic acid groups (broad SMARTS) is 1. The summed E-state index contributed by atoms with van der Waals surface area (Å²) in [6.07, 6.45) is 4.99. The van der Waals surface area contributed by atoms with Crippen molar-refractivity contribution < 1.29 is 14.4 Å². The number of aromatic nitrogens is 4. The average molecular weight is 244 g/mol.